The predicted molar refractivity (Wildman–Crippen MR) is 90.0 cm³/mol. The quantitative estimate of drug-likeness (QED) is 0.789. The Morgan fingerprint density at radius 2 is 1.91 bits per heavy atom. The molecule has 22 heavy (non-hydrogen) atoms. The van der Waals surface area contributed by atoms with Crippen LogP contribution in [0.5, 0.6) is 11.5 Å². The van der Waals surface area contributed by atoms with Gasteiger partial charge in [0.15, 0.2) is 11.5 Å². The standard InChI is InChI=1S/C17H19NO3S/c1-3-21-15-10-9-13(11-16(15)20-2)18-17(19)12-22-14-7-5-4-6-8-14/h4-11H,3,12H2,1-2H3,(H,18,19). The Bertz CT molecular complexity index is 617. The van der Waals surface area contributed by atoms with Crippen molar-refractivity contribution in [1.82, 2.24) is 0 Å². The number of carbonyl (C=O) groups is 1. The van der Waals surface area contributed by atoms with Crippen molar-refractivity contribution in [2.24, 2.45) is 0 Å². The fourth-order valence-electron chi connectivity index (χ4n) is 1.88. The molecule has 0 aliphatic carbocycles. The zero-order chi connectivity index (χ0) is 15.8. The van der Waals surface area contributed by atoms with Crippen molar-refractivity contribution in [3.05, 3.63) is 48.5 Å². The normalized spacial score (nSPS) is 10.1. The minimum atomic E-state index is -0.0555. The van der Waals surface area contributed by atoms with Gasteiger partial charge in [-0.05, 0) is 31.2 Å². The highest BCUT2D eigenvalue weighted by molar-refractivity contribution is 8.00. The van der Waals surface area contributed by atoms with Crippen LogP contribution in [0.15, 0.2) is 53.4 Å². The lowest BCUT2D eigenvalue weighted by atomic mass is 10.2. The number of nitrogens with one attached hydrogen (secondary N) is 1. The van der Waals surface area contributed by atoms with Crippen molar-refractivity contribution in [1.29, 1.82) is 0 Å². The third-order valence-electron chi connectivity index (χ3n) is 2.86. The molecule has 0 aliphatic rings. The smallest absolute Gasteiger partial charge is 0.234 e. The van der Waals surface area contributed by atoms with E-state index < -0.39 is 0 Å². The van der Waals surface area contributed by atoms with Gasteiger partial charge in [0.05, 0.1) is 19.5 Å². The summed E-state index contributed by atoms with van der Waals surface area (Å²) in [5.41, 5.74) is 0.693. The van der Waals surface area contributed by atoms with Crippen LogP contribution in [0.25, 0.3) is 0 Å². The predicted octanol–water partition coefficient (Wildman–Crippen LogP) is 3.82. The highest BCUT2D eigenvalue weighted by atomic mass is 32.2. The first kappa shape index (κ1) is 16.2. The fourth-order valence-corrected chi connectivity index (χ4v) is 2.60. The van der Waals surface area contributed by atoms with Crippen molar-refractivity contribution in [2.75, 3.05) is 24.8 Å². The van der Waals surface area contributed by atoms with E-state index in [1.54, 1.807) is 25.3 Å². The summed E-state index contributed by atoms with van der Waals surface area (Å²) in [4.78, 5) is 13.1. The van der Waals surface area contributed by atoms with Crippen LogP contribution < -0.4 is 14.8 Å². The second kappa shape index (κ2) is 8.34. The van der Waals surface area contributed by atoms with E-state index in [2.05, 4.69) is 5.32 Å². The molecule has 0 aromatic heterocycles. The second-order valence-electron chi connectivity index (χ2n) is 4.45. The summed E-state index contributed by atoms with van der Waals surface area (Å²) in [5, 5.41) is 2.86. The Hall–Kier alpha value is -2.14. The maximum Gasteiger partial charge on any atom is 0.234 e. The fraction of sp³-hybridized carbons (Fsp3) is 0.235. The van der Waals surface area contributed by atoms with Crippen molar-refractivity contribution >= 4 is 23.4 Å². The summed E-state index contributed by atoms with van der Waals surface area (Å²) in [7, 11) is 1.58. The average Bonchev–Trinajstić information content (AvgIpc) is 2.55. The van der Waals surface area contributed by atoms with E-state index in [-0.39, 0.29) is 5.91 Å². The molecule has 0 heterocycles. The van der Waals surface area contributed by atoms with Gasteiger partial charge >= 0.3 is 0 Å². The number of rotatable bonds is 7. The van der Waals surface area contributed by atoms with Crippen LogP contribution in [0.1, 0.15) is 6.92 Å². The third kappa shape index (κ3) is 4.70. The molecule has 1 amide bonds. The molecule has 116 valence electrons. The number of thioether (sulfide) groups is 1. The maximum absolute atomic E-state index is 12.0. The summed E-state index contributed by atoms with van der Waals surface area (Å²) >= 11 is 1.50. The second-order valence-corrected chi connectivity index (χ2v) is 5.50. The van der Waals surface area contributed by atoms with Gasteiger partial charge in [-0.2, -0.15) is 0 Å². The molecule has 2 aromatic carbocycles. The number of carbonyl (C=O) groups excluding carboxylic acids is 1. The first-order valence-corrected chi connectivity index (χ1v) is 8.00. The number of hydrogen-bond donors (Lipinski definition) is 1. The van der Waals surface area contributed by atoms with Crippen LogP contribution in [0.4, 0.5) is 5.69 Å². The van der Waals surface area contributed by atoms with Crippen LogP contribution in [0.2, 0.25) is 0 Å². The zero-order valence-electron chi connectivity index (χ0n) is 12.7. The number of amides is 1. The lowest BCUT2D eigenvalue weighted by Crippen LogP contribution is -2.14. The molecule has 1 N–H and O–H groups in total. The average molecular weight is 317 g/mol. The SMILES string of the molecule is CCOc1ccc(NC(=O)CSc2ccccc2)cc1OC. The van der Waals surface area contributed by atoms with Gasteiger partial charge in [0.2, 0.25) is 5.91 Å². The van der Waals surface area contributed by atoms with E-state index in [1.165, 1.54) is 11.8 Å². The molecule has 0 bridgehead atoms. The highest BCUT2D eigenvalue weighted by Gasteiger charge is 2.08. The first-order valence-electron chi connectivity index (χ1n) is 7.01. The lowest BCUT2D eigenvalue weighted by Gasteiger charge is -2.11. The molecular formula is C17H19NO3S. The molecule has 2 aromatic rings. The molecule has 0 spiro atoms. The van der Waals surface area contributed by atoms with Gasteiger partial charge in [0.1, 0.15) is 0 Å². The Balaban J connectivity index is 1.93. The van der Waals surface area contributed by atoms with Gasteiger partial charge in [-0.1, -0.05) is 18.2 Å². The van der Waals surface area contributed by atoms with Crippen molar-refractivity contribution in [3.63, 3.8) is 0 Å². The van der Waals surface area contributed by atoms with Crippen LogP contribution in [-0.2, 0) is 4.79 Å². The minimum Gasteiger partial charge on any atom is -0.493 e. The van der Waals surface area contributed by atoms with Gasteiger partial charge in [0, 0.05) is 16.6 Å². The van der Waals surface area contributed by atoms with Crippen molar-refractivity contribution in [2.45, 2.75) is 11.8 Å². The van der Waals surface area contributed by atoms with Gasteiger partial charge in [-0.25, -0.2) is 0 Å². The van der Waals surface area contributed by atoms with Crippen molar-refractivity contribution in [3.8, 4) is 11.5 Å². The molecule has 5 heteroatoms. The summed E-state index contributed by atoms with van der Waals surface area (Å²) in [5.74, 6) is 1.58. The molecule has 0 saturated carbocycles. The Morgan fingerprint density at radius 3 is 2.59 bits per heavy atom. The summed E-state index contributed by atoms with van der Waals surface area (Å²) in [6.45, 7) is 2.48. The molecule has 0 unspecified atom stereocenters. The molecule has 0 saturated heterocycles. The number of ether oxygens (including phenoxy) is 2. The lowest BCUT2D eigenvalue weighted by molar-refractivity contribution is -0.113. The van der Waals surface area contributed by atoms with Gasteiger partial charge < -0.3 is 14.8 Å². The third-order valence-corrected chi connectivity index (χ3v) is 3.87. The van der Waals surface area contributed by atoms with Crippen LogP contribution in [0.3, 0.4) is 0 Å². The molecule has 2 rings (SSSR count). The highest BCUT2D eigenvalue weighted by Crippen LogP contribution is 2.30. The van der Waals surface area contributed by atoms with Crippen LogP contribution in [-0.4, -0.2) is 25.4 Å². The van der Waals surface area contributed by atoms with E-state index in [9.17, 15) is 4.79 Å². The molecule has 0 fully saturated rings. The zero-order valence-corrected chi connectivity index (χ0v) is 13.5. The minimum absolute atomic E-state index is 0.0555. The molecule has 0 aliphatic heterocycles. The molecule has 0 radical (unpaired) electrons. The summed E-state index contributed by atoms with van der Waals surface area (Å²) in [6.07, 6.45) is 0. The number of anilines is 1. The topological polar surface area (TPSA) is 47.6 Å². The van der Waals surface area contributed by atoms with Crippen molar-refractivity contribution < 1.29 is 14.3 Å². The Morgan fingerprint density at radius 1 is 1.14 bits per heavy atom. The van der Waals surface area contributed by atoms with E-state index >= 15 is 0 Å². The molecule has 4 nitrogen and oxygen atoms in total. The molecular weight excluding hydrogens is 298 g/mol. The Kier molecular flexibility index (Phi) is 6.15. The van der Waals surface area contributed by atoms with Gasteiger partial charge in [0.25, 0.3) is 0 Å². The monoisotopic (exact) mass is 317 g/mol. The van der Waals surface area contributed by atoms with E-state index in [1.807, 2.05) is 37.3 Å². The summed E-state index contributed by atoms with van der Waals surface area (Å²) in [6, 6.07) is 15.2. The summed E-state index contributed by atoms with van der Waals surface area (Å²) < 4.78 is 10.7. The van der Waals surface area contributed by atoms with E-state index in [4.69, 9.17) is 9.47 Å². The van der Waals surface area contributed by atoms with Crippen LogP contribution >= 0.6 is 11.8 Å². The first-order chi connectivity index (χ1) is 10.7. The van der Waals surface area contributed by atoms with Crippen LogP contribution in [0, 0.1) is 0 Å². The Labute approximate surface area is 134 Å². The molecule has 0 atom stereocenters. The largest absolute Gasteiger partial charge is 0.493 e. The van der Waals surface area contributed by atoms with Gasteiger partial charge in [-0.3, -0.25) is 4.79 Å². The van der Waals surface area contributed by atoms with Gasteiger partial charge in [-0.15, -0.1) is 11.8 Å². The number of hydrogen-bond acceptors (Lipinski definition) is 4. The number of methoxy groups -OCH3 is 1. The maximum atomic E-state index is 12.0. The van der Waals surface area contributed by atoms with E-state index in [0.29, 0.717) is 29.5 Å². The van der Waals surface area contributed by atoms with E-state index in [0.717, 1.165) is 4.90 Å². The number of benzene rings is 2.